The smallest absolute Gasteiger partial charge is 0.161 e. The lowest BCUT2D eigenvalue weighted by molar-refractivity contribution is 0.669. The highest BCUT2D eigenvalue weighted by atomic mass is 16.3. The molecule has 2 aromatic heterocycles. The van der Waals surface area contributed by atoms with Crippen LogP contribution in [0.15, 0.2) is 174 Å². The van der Waals surface area contributed by atoms with E-state index in [-0.39, 0.29) is 0 Å². The van der Waals surface area contributed by atoms with E-state index >= 15 is 0 Å². The van der Waals surface area contributed by atoms with E-state index < -0.39 is 0 Å². The SMILES string of the molecule is c1ccc(-c2cc(-c3ccccc3)nc(-c3cccc4c5ccccc5c5cc(-c6ccc7c(c6)oc6ccccc67)ccc5c34)n2)cc1. The van der Waals surface area contributed by atoms with Gasteiger partial charge in [0.15, 0.2) is 5.82 Å². The van der Waals surface area contributed by atoms with Crippen molar-refractivity contribution in [1.82, 2.24) is 9.97 Å². The molecule has 0 saturated carbocycles. The second-order valence-electron chi connectivity index (χ2n) is 12.5. The van der Waals surface area contributed by atoms with Gasteiger partial charge in [0.25, 0.3) is 0 Å². The first-order chi connectivity index (χ1) is 24.3. The molecule has 0 aliphatic rings. The molecular weight excluding hydrogens is 597 g/mol. The van der Waals surface area contributed by atoms with Crippen LogP contribution in [0.25, 0.3) is 99.3 Å². The van der Waals surface area contributed by atoms with Crippen LogP contribution in [-0.2, 0) is 0 Å². The Morgan fingerprint density at radius 3 is 1.57 bits per heavy atom. The molecule has 10 rings (SSSR count). The number of hydrogen-bond donors (Lipinski definition) is 0. The predicted octanol–water partition coefficient (Wildman–Crippen LogP) is 12.5. The van der Waals surface area contributed by atoms with Gasteiger partial charge < -0.3 is 4.42 Å². The normalized spacial score (nSPS) is 11.7. The van der Waals surface area contributed by atoms with Gasteiger partial charge in [-0.05, 0) is 68.4 Å². The first-order valence-corrected chi connectivity index (χ1v) is 16.6. The van der Waals surface area contributed by atoms with Gasteiger partial charge in [-0.2, -0.15) is 0 Å². The molecule has 49 heavy (non-hydrogen) atoms. The lowest BCUT2D eigenvalue weighted by Gasteiger charge is -2.16. The van der Waals surface area contributed by atoms with Crippen LogP contribution in [0.3, 0.4) is 0 Å². The van der Waals surface area contributed by atoms with Crippen molar-refractivity contribution in [2.24, 2.45) is 0 Å². The largest absolute Gasteiger partial charge is 0.456 e. The van der Waals surface area contributed by atoms with Crippen LogP contribution in [-0.4, -0.2) is 9.97 Å². The Morgan fingerprint density at radius 2 is 0.857 bits per heavy atom. The van der Waals surface area contributed by atoms with Crippen molar-refractivity contribution in [1.29, 1.82) is 0 Å². The van der Waals surface area contributed by atoms with E-state index in [4.69, 9.17) is 14.4 Å². The fourth-order valence-corrected chi connectivity index (χ4v) is 7.36. The van der Waals surface area contributed by atoms with E-state index in [0.717, 1.165) is 66.5 Å². The zero-order valence-corrected chi connectivity index (χ0v) is 26.5. The summed E-state index contributed by atoms with van der Waals surface area (Å²) in [6.45, 7) is 0. The van der Waals surface area contributed by atoms with Crippen LogP contribution in [0, 0.1) is 0 Å². The number of benzene rings is 8. The molecule has 0 fully saturated rings. The van der Waals surface area contributed by atoms with Crippen molar-refractivity contribution in [3.8, 4) is 45.0 Å². The Labute approximate surface area is 282 Å². The van der Waals surface area contributed by atoms with Gasteiger partial charge in [0.05, 0.1) is 11.4 Å². The van der Waals surface area contributed by atoms with Gasteiger partial charge >= 0.3 is 0 Å². The minimum atomic E-state index is 0.710. The maximum absolute atomic E-state index is 6.26. The predicted molar refractivity (Wildman–Crippen MR) is 204 cm³/mol. The maximum atomic E-state index is 6.26. The summed E-state index contributed by atoms with van der Waals surface area (Å²) in [7, 11) is 0. The number of furan rings is 1. The van der Waals surface area contributed by atoms with Crippen molar-refractivity contribution in [3.05, 3.63) is 170 Å². The summed E-state index contributed by atoms with van der Waals surface area (Å²) in [5, 5.41) is 9.41. The fraction of sp³-hybridized carbons (Fsp3) is 0. The minimum absolute atomic E-state index is 0.710. The molecule has 0 atom stereocenters. The second kappa shape index (κ2) is 11.0. The van der Waals surface area contributed by atoms with Crippen LogP contribution >= 0.6 is 0 Å². The van der Waals surface area contributed by atoms with E-state index in [0.29, 0.717) is 5.82 Å². The van der Waals surface area contributed by atoms with Crippen molar-refractivity contribution in [3.63, 3.8) is 0 Å². The lowest BCUT2D eigenvalue weighted by atomic mass is 9.89. The summed E-state index contributed by atoms with van der Waals surface area (Å²) in [5.41, 5.74) is 9.00. The van der Waals surface area contributed by atoms with Crippen LogP contribution < -0.4 is 0 Å². The lowest BCUT2D eigenvalue weighted by Crippen LogP contribution is -1.97. The molecule has 0 N–H and O–H groups in total. The van der Waals surface area contributed by atoms with E-state index in [2.05, 4.69) is 146 Å². The van der Waals surface area contributed by atoms with E-state index in [1.165, 1.54) is 26.9 Å². The second-order valence-corrected chi connectivity index (χ2v) is 12.5. The number of nitrogens with zero attached hydrogens (tertiary/aromatic N) is 2. The third-order valence-corrected chi connectivity index (χ3v) is 9.68. The molecule has 2 heterocycles. The zero-order valence-electron chi connectivity index (χ0n) is 26.5. The number of para-hydroxylation sites is 1. The van der Waals surface area contributed by atoms with Crippen molar-refractivity contribution >= 4 is 54.3 Å². The van der Waals surface area contributed by atoms with E-state index in [9.17, 15) is 0 Å². The first-order valence-electron chi connectivity index (χ1n) is 16.6. The van der Waals surface area contributed by atoms with Gasteiger partial charge in [-0.25, -0.2) is 9.97 Å². The quantitative estimate of drug-likeness (QED) is 0.183. The molecule has 3 heteroatoms. The van der Waals surface area contributed by atoms with Crippen LogP contribution in [0.4, 0.5) is 0 Å². The third kappa shape index (κ3) is 4.51. The van der Waals surface area contributed by atoms with E-state index in [1.807, 2.05) is 24.3 Å². The van der Waals surface area contributed by atoms with E-state index in [1.54, 1.807) is 0 Å². The number of fused-ring (bicyclic) bond motifs is 9. The van der Waals surface area contributed by atoms with Crippen LogP contribution in [0.1, 0.15) is 0 Å². The first kappa shape index (κ1) is 27.5. The molecule has 3 nitrogen and oxygen atoms in total. The monoisotopic (exact) mass is 624 g/mol. The molecule has 0 bridgehead atoms. The highest BCUT2D eigenvalue weighted by molar-refractivity contribution is 6.28. The fourth-order valence-electron chi connectivity index (χ4n) is 7.36. The highest BCUT2D eigenvalue weighted by Gasteiger charge is 2.18. The third-order valence-electron chi connectivity index (χ3n) is 9.68. The molecule has 8 aromatic carbocycles. The van der Waals surface area contributed by atoms with Crippen LogP contribution in [0.2, 0.25) is 0 Å². The van der Waals surface area contributed by atoms with Gasteiger partial charge in [0.2, 0.25) is 0 Å². The minimum Gasteiger partial charge on any atom is -0.456 e. The van der Waals surface area contributed by atoms with Crippen molar-refractivity contribution < 1.29 is 4.42 Å². The number of rotatable bonds is 4. The Balaban J connectivity index is 1.23. The summed E-state index contributed by atoms with van der Waals surface area (Å²) >= 11 is 0. The highest BCUT2D eigenvalue weighted by Crippen LogP contribution is 2.42. The molecular formula is C46H28N2O. The molecule has 0 aliphatic carbocycles. The summed E-state index contributed by atoms with van der Waals surface area (Å²) in [4.78, 5) is 10.5. The summed E-state index contributed by atoms with van der Waals surface area (Å²) in [6.07, 6.45) is 0. The molecule has 0 unspecified atom stereocenters. The van der Waals surface area contributed by atoms with Crippen molar-refractivity contribution in [2.75, 3.05) is 0 Å². The average Bonchev–Trinajstić information content (AvgIpc) is 3.56. The number of aromatic nitrogens is 2. The van der Waals surface area contributed by atoms with Crippen molar-refractivity contribution in [2.45, 2.75) is 0 Å². The zero-order chi connectivity index (χ0) is 32.3. The molecule has 0 aliphatic heterocycles. The Morgan fingerprint density at radius 1 is 0.327 bits per heavy atom. The maximum Gasteiger partial charge on any atom is 0.161 e. The van der Waals surface area contributed by atoms with Gasteiger partial charge in [-0.3, -0.25) is 0 Å². The summed E-state index contributed by atoms with van der Waals surface area (Å²) in [6, 6.07) is 59.7. The average molecular weight is 625 g/mol. The topological polar surface area (TPSA) is 38.9 Å². The molecule has 10 aromatic rings. The molecule has 0 spiro atoms. The molecule has 0 saturated heterocycles. The van der Waals surface area contributed by atoms with Gasteiger partial charge in [-0.1, -0.05) is 140 Å². The molecule has 0 amide bonds. The standard InChI is InChI=1S/C46H28N2O/c1-3-12-29(13-4-1)41-28-42(30-14-5-2-6-15-30)48-46(47-41)39-20-11-19-37-33-16-7-8-17-34(33)40-26-31(23-25-38(40)45(37)39)32-22-24-36-35-18-9-10-21-43(35)49-44(36)27-32/h1-28H. The Kier molecular flexibility index (Phi) is 6.18. The Hall–Kier alpha value is -6.58. The summed E-state index contributed by atoms with van der Waals surface area (Å²) in [5.74, 6) is 0.710. The van der Waals surface area contributed by atoms with Crippen LogP contribution in [0.5, 0.6) is 0 Å². The summed E-state index contributed by atoms with van der Waals surface area (Å²) < 4.78 is 6.26. The van der Waals surface area contributed by atoms with Gasteiger partial charge in [0, 0.05) is 32.8 Å². The number of hydrogen-bond acceptors (Lipinski definition) is 3. The molecule has 228 valence electrons. The van der Waals surface area contributed by atoms with Gasteiger partial charge in [-0.15, -0.1) is 0 Å². The Bertz CT molecular complexity index is 2810. The van der Waals surface area contributed by atoms with Gasteiger partial charge in [0.1, 0.15) is 11.2 Å². The molecule has 0 radical (unpaired) electrons.